The zero-order valence-corrected chi connectivity index (χ0v) is 20.0. The molecule has 36 heavy (non-hydrogen) atoms. The van der Waals surface area contributed by atoms with Gasteiger partial charge in [-0.05, 0) is 55.5 Å². The number of rotatable bonds is 6. The van der Waals surface area contributed by atoms with Gasteiger partial charge in [0.1, 0.15) is 10.7 Å². The van der Waals surface area contributed by atoms with E-state index in [-0.39, 0.29) is 11.9 Å². The molecule has 0 unspecified atom stereocenters. The number of benzene rings is 2. The Morgan fingerprint density at radius 2 is 1.50 bits per heavy atom. The molecule has 2 fully saturated rings. The van der Waals surface area contributed by atoms with Crippen LogP contribution in [0.2, 0.25) is 0 Å². The summed E-state index contributed by atoms with van der Waals surface area (Å²) in [5.41, 5.74) is 0.723. The number of carbonyl (C=O) groups excluding carboxylic acids is 1. The average molecular weight is 531 g/mol. The van der Waals surface area contributed by atoms with E-state index in [0.717, 1.165) is 50.2 Å². The van der Waals surface area contributed by atoms with Crippen LogP contribution in [0, 0.1) is 5.82 Å². The van der Waals surface area contributed by atoms with Gasteiger partial charge in [-0.25, -0.2) is 17.6 Å². The van der Waals surface area contributed by atoms with Crippen molar-refractivity contribution in [1.82, 2.24) is 5.32 Å². The molecule has 2 aromatic rings. The van der Waals surface area contributed by atoms with Crippen LogP contribution < -0.4 is 10.0 Å². The van der Waals surface area contributed by atoms with Crippen LogP contribution in [0.5, 0.6) is 0 Å². The van der Waals surface area contributed by atoms with Crippen molar-refractivity contribution < 1.29 is 40.7 Å². The number of anilines is 1. The largest absolute Gasteiger partial charge is 0.490 e. The molecule has 196 valence electrons. The Morgan fingerprint density at radius 1 is 0.944 bits per heavy atom. The summed E-state index contributed by atoms with van der Waals surface area (Å²) in [7, 11) is -4.02. The minimum atomic E-state index is -5.08. The average Bonchev–Trinajstić information content (AvgIpc) is 3.62. The SMILES string of the molecule is O=C(NC1CCCCC1)C1(c2ccc(NS(=O)(=O)c3ccccc3F)cc2)CC1.O=C(O)C(F)(F)F. The molecule has 0 radical (unpaired) electrons. The van der Waals surface area contributed by atoms with Crippen LogP contribution in [-0.4, -0.2) is 37.6 Å². The maximum Gasteiger partial charge on any atom is 0.490 e. The summed E-state index contributed by atoms with van der Waals surface area (Å²) in [4.78, 5) is 21.4. The van der Waals surface area contributed by atoms with Crippen LogP contribution in [-0.2, 0) is 25.0 Å². The lowest BCUT2D eigenvalue weighted by Gasteiger charge is -2.25. The fraction of sp³-hybridized carbons (Fsp3) is 0.417. The van der Waals surface area contributed by atoms with Crippen LogP contribution in [0.3, 0.4) is 0 Å². The smallest absolute Gasteiger partial charge is 0.475 e. The molecule has 0 spiro atoms. The van der Waals surface area contributed by atoms with Crippen molar-refractivity contribution >= 4 is 27.6 Å². The van der Waals surface area contributed by atoms with Crippen molar-refractivity contribution in [2.24, 2.45) is 0 Å². The molecule has 1 amide bonds. The molecule has 2 aliphatic rings. The Bertz CT molecular complexity index is 1190. The highest BCUT2D eigenvalue weighted by atomic mass is 32.2. The van der Waals surface area contributed by atoms with Gasteiger partial charge in [-0.2, -0.15) is 13.2 Å². The van der Waals surface area contributed by atoms with Gasteiger partial charge in [-0.3, -0.25) is 9.52 Å². The quantitative estimate of drug-likeness (QED) is 0.467. The molecule has 0 aromatic heterocycles. The highest BCUT2D eigenvalue weighted by Crippen LogP contribution is 2.49. The van der Waals surface area contributed by atoms with Gasteiger partial charge in [0.15, 0.2) is 0 Å². The summed E-state index contributed by atoms with van der Waals surface area (Å²) < 4.78 is 72.8. The van der Waals surface area contributed by atoms with E-state index in [4.69, 9.17) is 9.90 Å². The molecule has 3 N–H and O–H groups in total. The number of hydrogen-bond acceptors (Lipinski definition) is 4. The maximum atomic E-state index is 13.8. The molecule has 12 heteroatoms. The number of aliphatic carboxylic acids is 1. The summed E-state index contributed by atoms with van der Waals surface area (Å²) in [6.07, 6.45) is 2.15. The minimum Gasteiger partial charge on any atom is -0.475 e. The number of carbonyl (C=O) groups is 2. The molecule has 2 aromatic carbocycles. The molecule has 0 saturated heterocycles. The van der Waals surface area contributed by atoms with Gasteiger partial charge in [0.05, 0.1) is 5.41 Å². The molecular weight excluding hydrogens is 504 g/mol. The summed E-state index contributed by atoms with van der Waals surface area (Å²) in [6, 6.07) is 12.3. The number of sulfonamides is 1. The molecule has 0 heterocycles. The number of amides is 1. The molecule has 0 aliphatic heterocycles. The van der Waals surface area contributed by atoms with Gasteiger partial charge < -0.3 is 10.4 Å². The van der Waals surface area contributed by atoms with Crippen LogP contribution in [0.4, 0.5) is 23.2 Å². The van der Waals surface area contributed by atoms with Gasteiger partial charge in [-0.15, -0.1) is 0 Å². The topological polar surface area (TPSA) is 113 Å². The maximum absolute atomic E-state index is 13.8. The number of carboxylic acid groups (broad SMARTS) is 1. The van der Waals surface area contributed by atoms with Crippen molar-refractivity contribution in [3.05, 3.63) is 59.9 Å². The van der Waals surface area contributed by atoms with E-state index in [0.29, 0.717) is 5.69 Å². The molecular formula is C24H26F4N2O5S. The van der Waals surface area contributed by atoms with Crippen molar-refractivity contribution in [1.29, 1.82) is 0 Å². The highest BCUT2D eigenvalue weighted by Gasteiger charge is 2.51. The predicted molar refractivity (Wildman–Crippen MR) is 123 cm³/mol. The Balaban J connectivity index is 0.000000454. The van der Waals surface area contributed by atoms with Gasteiger partial charge in [0.2, 0.25) is 5.91 Å². The lowest BCUT2D eigenvalue weighted by Crippen LogP contribution is -2.42. The van der Waals surface area contributed by atoms with E-state index in [1.54, 1.807) is 24.3 Å². The summed E-state index contributed by atoms with van der Waals surface area (Å²) in [5, 5.41) is 10.3. The second-order valence-corrected chi connectivity index (χ2v) is 10.5. The molecule has 0 bridgehead atoms. The third-order valence-electron chi connectivity index (χ3n) is 6.18. The zero-order valence-electron chi connectivity index (χ0n) is 19.1. The Hall–Kier alpha value is -3.15. The highest BCUT2D eigenvalue weighted by molar-refractivity contribution is 7.92. The van der Waals surface area contributed by atoms with Gasteiger partial charge in [0.25, 0.3) is 10.0 Å². The second-order valence-electron chi connectivity index (χ2n) is 8.81. The van der Waals surface area contributed by atoms with E-state index in [1.807, 2.05) is 0 Å². The zero-order chi connectivity index (χ0) is 26.6. The van der Waals surface area contributed by atoms with E-state index in [9.17, 15) is 30.8 Å². The summed E-state index contributed by atoms with van der Waals surface area (Å²) in [5.74, 6) is -3.48. The molecule has 2 aliphatic carbocycles. The number of nitrogens with one attached hydrogen (secondary N) is 2. The number of alkyl halides is 3. The summed E-state index contributed by atoms with van der Waals surface area (Å²) >= 11 is 0. The van der Waals surface area contributed by atoms with Crippen LogP contribution in [0.1, 0.15) is 50.5 Å². The van der Waals surface area contributed by atoms with Gasteiger partial charge in [0, 0.05) is 11.7 Å². The second kappa shape index (κ2) is 10.9. The third kappa shape index (κ3) is 6.74. The summed E-state index contributed by atoms with van der Waals surface area (Å²) in [6.45, 7) is 0. The standard InChI is InChI=1S/C22H25FN2O3S.C2HF3O2/c23-19-8-4-5-9-20(19)29(27,28)25-18-12-10-16(11-13-18)22(14-15-22)21(26)24-17-6-2-1-3-7-17;3-2(4,5)1(6)7/h4-5,8-13,17,25H,1-3,6-7,14-15H2,(H,24,26);(H,6,7). The van der Waals surface area contributed by atoms with E-state index in [2.05, 4.69) is 10.0 Å². The monoisotopic (exact) mass is 530 g/mol. The lowest BCUT2D eigenvalue weighted by atomic mass is 9.91. The predicted octanol–water partition coefficient (Wildman–Crippen LogP) is 4.74. The Labute approximate surface area is 206 Å². The van der Waals surface area contributed by atoms with Crippen molar-refractivity contribution in [3.8, 4) is 0 Å². The van der Waals surface area contributed by atoms with Gasteiger partial charge in [-0.1, -0.05) is 43.5 Å². The Morgan fingerprint density at radius 3 is 2.00 bits per heavy atom. The molecule has 2 saturated carbocycles. The van der Waals surface area contributed by atoms with E-state index < -0.39 is 38.3 Å². The number of hydrogen-bond donors (Lipinski definition) is 3. The molecule has 0 atom stereocenters. The molecule has 7 nitrogen and oxygen atoms in total. The molecule has 4 rings (SSSR count). The normalized spacial score (nSPS) is 17.3. The Kier molecular flexibility index (Phi) is 8.27. The fourth-order valence-electron chi connectivity index (χ4n) is 4.07. The lowest BCUT2D eigenvalue weighted by molar-refractivity contribution is -0.192. The first kappa shape index (κ1) is 27.4. The minimum absolute atomic E-state index is 0.0732. The first-order valence-corrected chi connectivity index (χ1v) is 12.8. The number of carboxylic acids is 1. The van der Waals surface area contributed by atoms with E-state index >= 15 is 0 Å². The first-order valence-electron chi connectivity index (χ1n) is 11.3. The van der Waals surface area contributed by atoms with Crippen molar-refractivity contribution in [2.75, 3.05) is 4.72 Å². The first-order chi connectivity index (χ1) is 16.8. The number of halogens is 4. The van der Waals surface area contributed by atoms with Crippen molar-refractivity contribution in [2.45, 2.75) is 67.5 Å². The van der Waals surface area contributed by atoms with E-state index in [1.165, 1.54) is 24.6 Å². The third-order valence-corrected chi connectivity index (χ3v) is 7.60. The fourth-order valence-corrected chi connectivity index (χ4v) is 5.21. The van der Waals surface area contributed by atoms with Crippen LogP contribution in [0.25, 0.3) is 0 Å². The van der Waals surface area contributed by atoms with Crippen LogP contribution in [0.15, 0.2) is 53.4 Å². The van der Waals surface area contributed by atoms with Gasteiger partial charge >= 0.3 is 12.1 Å². The van der Waals surface area contributed by atoms with Crippen molar-refractivity contribution in [3.63, 3.8) is 0 Å². The van der Waals surface area contributed by atoms with Crippen LogP contribution >= 0.6 is 0 Å².